The Morgan fingerprint density at radius 2 is 1.88 bits per heavy atom. The van der Waals surface area contributed by atoms with Gasteiger partial charge in [-0.1, -0.05) is 19.1 Å². The number of para-hydroxylation sites is 1. The van der Waals surface area contributed by atoms with Crippen LogP contribution in [0.5, 0.6) is 0 Å². The lowest BCUT2D eigenvalue weighted by Gasteiger charge is -2.30. The Morgan fingerprint density at radius 3 is 2.62 bits per heavy atom. The summed E-state index contributed by atoms with van der Waals surface area (Å²) in [6.07, 6.45) is 3.53. The maximum Gasteiger partial charge on any atom is 0.274 e. The molecular weight excluding hydrogens is 352 g/mol. The van der Waals surface area contributed by atoms with Gasteiger partial charge in [-0.15, -0.1) is 0 Å². The summed E-state index contributed by atoms with van der Waals surface area (Å²) in [6, 6.07) is 6.82. The maximum absolute atomic E-state index is 13.0. The SMILES string of the molecule is CC1CCN(C(=O)c2ncn3c2CN(C)S(=O)(=O)c2ccccc2-3)CC1. The first-order valence-electron chi connectivity index (χ1n) is 8.81. The molecule has 0 aliphatic carbocycles. The molecule has 1 fully saturated rings. The number of carbonyl (C=O) groups is 1. The summed E-state index contributed by atoms with van der Waals surface area (Å²) in [6.45, 7) is 3.75. The molecule has 7 nitrogen and oxygen atoms in total. The Bertz CT molecular complexity index is 959. The molecule has 1 saturated heterocycles. The van der Waals surface area contributed by atoms with Gasteiger partial charge < -0.3 is 4.90 Å². The molecule has 0 unspecified atom stereocenters. The Kier molecular flexibility index (Phi) is 4.11. The fourth-order valence-corrected chi connectivity index (χ4v) is 4.92. The predicted molar refractivity (Wildman–Crippen MR) is 96.5 cm³/mol. The number of imidazole rings is 1. The predicted octanol–water partition coefficient (Wildman–Crippen LogP) is 1.88. The molecule has 1 amide bonds. The number of aromatic nitrogens is 2. The number of rotatable bonds is 1. The van der Waals surface area contributed by atoms with Crippen LogP contribution in [0, 0.1) is 5.92 Å². The van der Waals surface area contributed by atoms with Gasteiger partial charge >= 0.3 is 0 Å². The summed E-state index contributed by atoms with van der Waals surface area (Å²) < 4.78 is 28.6. The number of carbonyl (C=O) groups excluding carboxylic acids is 1. The normalized spacial score (nSPS) is 20.3. The fourth-order valence-electron chi connectivity index (χ4n) is 3.61. The van der Waals surface area contributed by atoms with Gasteiger partial charge in [0, 0.05) is 20.1 Å². The molecule has 0 radical (unpaired) electrons. The van der Waals surface area contributed by atoms with Crippen LogP contribution in [-0.2, 0) is 16.6 Å². The molecule has 2 aliphatic heterocycles. The summed E-state index contributed by atoms with van der Waals surface area (Å²) in [7, 11) is -2.08. The van der Waals surface area contributed by atoms with Crippen molar-refractivity contribution in [2.24, 2.45) is 5.92 Å². The average Bonchev–Trinajstić information content (AvgIpc) is 3.01. The number of likely N-dealkylation sites (tertiary alicyclic amines) is 1. The number of benzene rings is 1. The molecule has 0 N–H and O–H groups in total. The van der Waals surface area contributed by atoms with Gasteiger partial charge in [-0.3, -0.25) is 9.36 Å². The Hall–Kier alpha value is -2.19. The lowest BCUT2D eigenvalue weighted by Crippen LogP contribution is -2.38. The van der Waals surface area contributed by atoms with E-state index in [1.165, 1.54) is 11.4 Å². The molecule has 4 rings (SSSR count). The number of hydrogen-bond donors (Lipinski definition) is 0. The number of hydrogen-bond acceptors (Lipinski definition) is 4. The van der Waals surface area contributed by atoms with Gasteiger partial charge in [0.2, 0.25) is 10.0 Å². The molecule has 0 saturated carbocycles. The summed E-state index contributed by atoms with van der Waals surface area (Å²) in [5, 5.41) is 0. The Labute approximate surface area is 153 Å². The van der Waals surface area contributed by atoms with Crippen molar-refractivity contribution in [1.29, 1.82) is 0 Å². The van der Waals surface area contributed by atoms with E-state index in [0.29, 0.717) is 23.0 Å². The largest absolute Gasteiger partial charge is 0.337 e. The summed E-state index contributed by atoms with van der Waals surface area (Å²) in [4.78, 5) is 19.4. The number of sulfonamides is 1. The molecule has 0 atom stereocenters. The summed E-state index contributed by atoms with van der Waals surface area (Å²) in [5.41, 5.74) is 1.49. The third-order valence-corrected chi connectivity index (χ3v) is 7.18. The van der Waals surface area contributed by atoms with Gasteiger partial charge in [-0.05, 0) is 30.9 Å². The Morgan fingerprint density at radius 1 is 1.19 bits per heavy atom. The van der Waals surface area contributed by atoms with E-state index in [-0.39, 0.29) is 17.3 Å². The van der Waals surface area contributed by atoms with Crippen molar-refractivity contribution >= 4 is 15.9 Å². The summed E-state index contributed by atoms with van der Waals surface area (Å²) >= 11 is 0. The zero-order valence-electron chi connectivity index (χ0n) is 14.9. The average molecular weight is 374 g/mol. The highest BCUT2D eigenvalue weighted by Crippen LogP contribution is 2.31. The van der Waals surface area contributed by atoms with Crippen LogP contribution in [0.3, 0.4) is 0 Å². The lowest BCUT2D eigenvalue weighted by molar-refractivity contribution is 0.0690. The third kappa shape index (κ3) is 2.64. The lowest BCUT2D eigenvalue weighted by atomic mass is 9.99. The van der Waals surface area contributed by atoms with E-state index >= 15 is 0 Å². The van der Waals surface area contributed by atoms with E-state index in [4.69, 9.17) is 0 Å². The van der Waals surface area contributed by atoms with Crippen LogP contribution in [0.1, 0.15) is 35.9 Å². The monoisotopic (exact) mass is 374 g/mol. The molecule has 0 spiro atoms. The first-order chi connectivity index (χ1) is 12.4. The molecular formula is C18H22N4O3S. The van der Waals surface area contributed by atoms with E-state index < -0.39 is 10.0 Å². The zero-order chi connectivity index (χ0) is 18.5. The molecule has 8 heteroatoms. The number of amides is 1. The van der Waals surface area contributed by atoms with Gasteiger partial charge in [-0.25, -0.2) is 13.4 Å². The van der Waals surface area contributed by atoms with Crippen LogP contribution in [0.25, 0.3) is 5.69 Å². The van der Waals surface area contributed by atoms with Crippen LogP contribution >= 0.6 is 0 Å². The number of piperidine rings is 1. The highest BCUT2D eigenvalue weighted by molar-refractivity contribution is 7.89. The van der Waals surface area contributed by atoms with E-state index in [9.17, 15) is 13.2 Å². The standard InChI is InChI=1S/C18H22N4O3S/c1-13-7-9-21(10-8-13)18(23)17-15-11-20(2)26(24,25)16-6-4-3-5-14(16)22(15)12-19-17/h3-6,12-13H,7-11H2,1-2H3. The Balaban J connectivity index is 1.79. The van der Waals surface area contributed by atoms with Crippen molar-refractivity contribution in [3.05, 3.63) is 42.0 Å². The minimum absolute atomic E-state index is 0.113. The highest BCUT2D eigenvalue weighted by Gasteiger charge is 2.34. The smallest absolute Gasteiger partial charge is 0.274 e. The van der Waals surface area contributed by atoms with Crippen LogP contribution in [0.4, 0.5) is 0 Å². The van der Waals surface area contributed by atoms with Crippen LogP contribution in [0.15, 0.2) is 35.5 Å². The van der Waals surface area contributed by atoms with Gasteiger partial charge in [0.1, 0.15) is 11.2 Å². The van der Waals surface area contributed by atoms with Crippen molar-refractivity contribution < 1.29 is 13.2 Å². The second kappa shape index (κ2) is 6.21. The van der Waals surface area contributed by atoms with Crippen molar-refractivity contribution in [3.8, 4) is 5.69 Å². The molecule has 1 aromatic carbocycles. The molecule has 2 aliphatic rings. The molecule has 2 aromatic rings. The molecule has 3 heterocycles. The minimum Gasteiger partial charge on any atom is -0.337 e. The zero-order valence-corrected chi connectivity index (χ0v) is 15.7. The highest BCUT2D eigenvalue weighted by atomic mass is 32.2. The topological polar surface area (TPSA) is 75.5 Å². The number of fused-ring (bicyclic) bond motifs is 3. The van der Waals surface area contributed by atoms with E-state index in [1.54, 1.807) is 35.2 Å². The van der Waals surface area contributed by atoms with E-state index in [2.05, 4.69) is 11.9 Å². The molecule has 0 bridgehead atoms. The fraction of sp³-hybridized carbons (Fsp3) is 0.444. The van der Waals surface area contributed by atoms with Gasteiger partial charge in [0.05, 0.1) is 17.9 Å². The van der Waals surface area contributed by atoms with Crippen LogP contribution < -0.4 is 0 Å². The second-order valence-corrected chi connectivity index (χ2v) is 9.13. The second-order valence-electron chi connectivity index (χ2n) is 7.11. The molecule has 1 aromatic heterocycles. The van der Waals surface area contributed by atoms with Gasteiger partial charge in [0.25, 0.3) is 5.91 Å². The van der Waals surface area contributed by atoms with Crippen molar-refractivity contribution in [2.75, 3.05) is 20.1 Å². The summed E-state index contributed by atoms with van der Waals surface area (Å²) in [5.74, 6) is 0.511. The molecule has 26 heavy (non-hydrogen) atoms. The maximum atomic E-state index is 13.0. The van der Waals surface area contributed by atoms with Crippen molar-refractivity contribution in [1.82, 2.24) is 18.8 Å². The van der Waals surface area contributed by atoms with Gasteiger partial charge in [-0.2, -0.15) is 4.31 Å². The van der Waals surface area contributed by atoms with Crippen LogP contribution in [0.2, 0.25) is 0 Å². The van der Waals surface area contributed by atoms with Crippen molar-refractivity contribution in [2.45, 2.75) is 31.2 Å². The van der Waals surface area contributed by atoms with E-state index in [0.717, 1.165) is 25.9 Å². The van der Waals surface area contributed by atoms with E-state index in [1.807, 2.05) is 4.90 Å². The first-order valence-corrected chi connectivity index (χ1v) is 10.2. The van der Waals surface area contributed by atoms with Gasteiger partial charge in [0.15, 0.2) is 5.69 Å². The minimum atomic E-state index is -3.61. The first kappa shape index (κ1) is 17.2. The van der Waals surface area contributed by atoms with Crippen molar-refractivity contribution in [3.63, 3.8) is 0 Å². The molecule has 138 valence electrons. The number of nitrogens with zero attached hydrogens (tertiary/aromatic N) is 4. The van der Waals surface area contributed by atoms with Crippen LogP contribution in [-0.4, -0.2) is 53.2 Å². The quantitative estimate of drug-likeness (QED) is 0.764. The third-order valence-electron chi connectivity index (χ3n) is 5.33.